The summed E-state index contributed by atoms with van der Waals surface area (Å²) in [6.07, 6.45) is 0. The van der Waals surface area contributed by atoms with E-state index in [4.69, 9.17) is 0 Å². The molecular formula is C15H13BrFNO2. The molecule has 104 valence electrons. The lowest BCUT2D eigenvalue weighted by atomic mass is 10.1. The molecule has 0 bridgehead atoms. The van der Waals surface area contributed by atoms with E-state index < -0.39 is 11.7 Å². The number of hydrogen-bond donors (Lipinski definition) is 2. The fourth-order valence-corrected chi connectivity index (χ4v) is 2.72. The maximum absolute atomic E-state index is 12.9. The molecule has 0 saturated carbocycles. The molecule has 1 amide bonds. The molecule has 0 atom stereocenters. The minimum absolute atomic E-state index is 0.0262. The summed E-state index contributed by atoms with van der Waals surface area (Å²) >= 11 is 3.39. The van der Waals surface area contributed by atoms with Crippen molar-refractivity contribution in [2.45, 2.75) is 13.8 Å². The van der Waals surface area contributed by atoms with Crippen LogP contribution in [0.3, 0.4) is 0 Å². The maximum Gasteiger partial charge on any atom is 0.259 e. The van der Waals surface area contributed by atoms with Crippen molar-refractivity contribution >= 4 is 27.5 Å². The highest BCUT2D eigenvalue weighted by atomic mass is 79.9. The summed E-state index contributed by atoms with van der Waals surface area (Å²) in [5.41, 5.74) is 2.62. The standard InChI is InChI=1S/C15H13BrFNO2/c1-8-5-9(2)14(12(16)6-8)18-15(20)11-4-3-10(17)7-13(11)19/h3-7,19H,1-2H3,(H,18,20). The number of aromatic hydroxyl groups is 1. The van der Waals surface area contributed by atoms with Crippen LogP contribution in [0.5, 0.6) is 5.75 Å². The van der Waals surface area contributed by atoms with Crippen molar-refractivity contribution in [3.8, 4) is 5.75 Å². The molecule has 0 aliphatic heterocycles. The Morgan fingerprint density at radius 3 is 2.55 bits per heavy atom. The minimum Gasteiger partial charge on any atom is -0.507 e. The van der Waals surface area contributed by atoms with Crippen LogP contribution in [-0.2, 0) is 0 Å². The summed E-state index contributed by atoms with van der Waals surface area (Å²) < 4.78 is 13.7. The van der Waals surface area contributed by atoms with Crippen LogP contribution in [-0.4, -0.2) is 11.0 Å². The fourth-order valence-electron chi connectivity index (χ4n) is 1.95. The Balaban J connectivity index is 2.33. The molecule has 2 aromatic rings. The predicted molar refractivity (Wildman–Crippen MR) is 79.6 cm³/mol. The third-order valence-electron chi connectivity index (χ3n) is 2.87. The third kappa shape index (κ3) is 2.99. The maximum atomic E-state index is 12.9. The first-order valence-electron chi connectivity index (χ1n) is 5.95. The van der Waals surface area contributed by atoms with Crippen molar-refractivity contribution in [2.75, 3.05) is 5.32 Å². The van der Waals surface area contributed by atoms with Crippen LogP contribution in [0.15, 0.2) is 34.8 Å². The molecule has 0 saturated heterocycles. The highest BCUT2D eigenvalue weighted by Crippen LogP contribution is 2.29. The smallest absolute Gasteiger partial charge is 0.259 e. The van der Waals surface area contributed by atoms with Crippen LogP contribution in [0.4, 0.5) is 10.1 Å². The molecule has 0 spiro atoms. The van der Waals surface area contributed by atoms with Crippen molar-refractivity contribution in [3.05, 3.63) is 57.3 Å². The molecule has 0 heterocycles. The average molecular weight is 338 g/mol. The van der Waals surface area contributed by atoms with Crippen LogP contribution in [0.2, 0.25) is 0 Å². The summed E-state index contributed by atoms with van der Waals surface area (Å²) in [4.78, 5) is 12.1. The van der Waals surface area contributed by atoms with Crippen LogP contribution < -0.4 is 5.32 Å². The van der Waals surface area contributed by atoms with E-state index in [1.807, 2.05) is 26.0 Å². The van der Waals surface area contributed by atoms with E-state index in [-0.39, 0.29) is 11.3 Å². The molecule has 0 unspecified atom stereocenters. The first kappa shape index (κ1) is 14.5. The van der Waals surface area contributed by atoms with Crippen molar-refractivity contribution in [1.82, 2.24) is 0 Å². The van der Waals surface area contributed by atoms with Crippen LogP contribution in [0.25, 0.3) is 0 Å². The average Bonchev–Trinajstić information content (AvgIpc) is 2.33. The zero-order valence-electron chi connectivity index (χ0n) is 11.0. The zero-order chi connectivity index (χ0) is 14.9. The predicted octanol–water partition coefficient (Wildman–Crippen LogP) is 4.16. The van der Waals surface area contributed by atoms with E-state index in [1.165, 1.54) is 6.07 Å². The van der Waals surface area contributed by atoms with E-state index in [1.54, 1.807) is 0 Å². The summed E-state index contributed by atoms with van der Waals surface area (Å²) in [5.74, 6) is -1.47. The third-order valence-corrected chi connectivity index (χ3v) is 3.50. The molecule has 0 fully saturated rings. The molecule has 0 aliphatic rings. The molecule has 2 aromatic carbocycles. The van der Waals surface area contributed by atoms with E-state index in [0.717, 1.165) is 27.7 Å². The second-order valence-corrected chi connectivity index (χ2v) is 5.41. The second kappa shape index (κ2) is 5.63. The minimum atomic E-state index is -0.591. The molecule has 2 N–H and O–H groups in total. The van der Waals surface area contributed by atoms with Gasteiger partial charge in [-0.2, -0.15) is 0 Å². The number of nitrogens with one attached hydrogen (secondary N) is 1. The lowest BCUT2D eigenvalue weighted by Crippen LogP contribution is -2.13. The Morgan fingerprint density at radius 2 is 1.95 bits per heavy atom. The van der Waals surface area contributed by atoms with E-state index in [9.17, 15) is 14.3 Å². The summed E-state index contributed by atoms with van der Waals surface area (Å²) in [7, 11) is 0. The number of phenols is 1. The number of phenolic OH excluding ortho intramolecular Hbond substituents is 1. The molecular weight excluding hydrogens is 325 g/mol. The van der Waals surface area contributed by atoms with Gasteiger partial charge in [0.25, 0.3) is 5.91 Å². The highest BCUT2D eigenvalue weighted by molar-refractivity contribution is 9.10. The first-order chi connectivity index (χ1) is 9.38. The summed E-state index contributed by atoms with van der Waals surface area (Å²) in [6.45, 7) is 3.83. The highest BCUT2D eigenvalue weighted by Gasteiger charge is 2.14. The van der Waals surface area contributed by atoms with E-state index in [2.05, 4.69) is 21.2 Å². The van der Waals surface area contributed by atoms with Gasteiger partial charge in [0.2, 0.25) is 0 Å². The normalized spacial score (nSPS) is 10.4. The number of carbonyl (C=O) groups excluding carboxylic acids is 1. The number of hydrogen-bond acceptors (Lipinski definition) is 2. The monoisotopic (exact) mass is 337 g/mol. The Labute approximate surface area is 124 Å². The lowest BCUT2D eigenvalue weighted by molar-refractivity contribution is 0.102. The molecule has 0 aromatic heterocycles. The van der Waals surface area contributed by atoms with Crippen LogP contribution >= 0.6 is 15.9 Å². The number of amides is 1. The topological polar surface area (TPSA) is 49.3 Å². The van der Waals surface area contributed by atoms with Crippen LogP contribution in [0.1, 0.15) is 21.5 Å². The largest absolute Gasteiger partial charge is 0.507 e. The Bertz CT molecular complexity index is 663. The lowest BCUT2D eigenvalue weighted by Gasteiger charge is -2.12. The number of aryl methyl sites for hydroxylation is 2. The van der Waals surface area contributed by atoms with Gasteiger partial charge in [0.05, 0.1) is 11.3 Å². The molecule has 3 nitrogen and oxygen atoms in total. The van der Waals surface area contributed by atoms with Gasteiger partial charge < -0.3 is 10.4 Å². The van der Waals surface area contributed by atoms with Gasteiger partial charge >= 0.3 is 0 Å². The molecule has 0 aliphatic carbocycles. The van der Waals surface area contributed by atoms with Gasteiger partial charge in [-0.25, -0.2) is 4.39 Å². The molecule has 2 rings (SSSR count). The van der Waals surface area contributed by atoms with Gasteiger partial charge in [-0.1, -0.05) is 6.07 Å². The van der Waals surface area contributed by atoms with E-state index >= 15 is 0 Å². The van der Waals surface area contributed by atoms with Gasteiger partial charge in [0.1, 0.15) is 11.6 Å². The van der Waals surface area contributed by atoms with Gasteiger partial charge in [0, 0.05) is 10.5 Å². The molecule has 0 radical (unpaired) electrons. The summed E-state index contributed by atoms with van der Waals surface area (Å²) in [5, 5.41) is 12.3. The first-order valence-corrected chi connectivity index (χ1v) is 6.74. The van der Waals surface area contributed by atoms with Crippen molar-refractivity contribution in [2.24, 2.45) is 0 Å². The van der Waals surface area contributed by atoms with Crippen molar-refractivity contribution < 1.29 is 14.3 Å². The number of rotatable bonds is 2. The SMILES string of the molecule is Cc1cc(C)c(NC(=O)c2ccc(F)cc2O)c(Br)c1. The number of carbonyl (C=O) groups is 1. The zero-order valence-corrected chi connectivity index (χ0v) is 12.6. The second-order valence-electron chi connectivity index (χ2n) is 4.55. The van der Waals surface area contributed by atoms with E-state index in [0.29, 0.717) is 5.69 Å². The van der Waals surface area contributed by atoms with Gasteiger partial charge in [-0.15, -0.1) is 0 Å². The van der Waals surface area contributed by atoms with Crippen molar-refractivity contribution in [3.63, 3.8) is 0 Å². The number of anilines is 1. The molecule has 5 heteroatoms. The van der Waals surface area contributed by atoms with Gasteiger partial charge in [-0.3, -0.25) is 4.79 Å². The quantitative estimate of drug-likeness (QED) is 0.864. The Hall–Kier alpha value is -1.88. The Morgan fingerprint density at radius 1 is 1.25 bits per heavy atom. The number of benzene rings is 2. The van der Waals surface area contributed by atoms with Gasteiger partial charge in [-0.05, 0) is 59.1 Å². The van der Waals surface area contributed by atoms with Crippen molar-refractivity contribution in [1.29, 1.82) is 0 Å². The fraction of sp³-hybridized carbons (Fsp3) is 0.133. The van der Waals surface area contributed by atoms with Crippen LogP contribution in [0, 0.1) is 19.7 Å². The number of halogens is 2. The summed E-state index contributed by atoms with van der Waals surface area (Å²) in [6, 6.07) is 7.10. The van der Waals surface area contributed by atoms with Gasteiger partial charge in [0.15, 0.2) is 0 Å². The Kier molecular flexibility index (Phi) is 4.09. The molecule has 20 heavy (non-hydrogen) atoms.